The quantitative estimate of drug-likeness (QED) is 0.905. The van der Waals surface area contributed by atoms with E-state index in [9.17, 15) is 4.79 Å². The topological polar surface area (TPSA) is 54.9 Å². The lowest BCUT2D eigenvalue weighted by atomic mass is 10.2. The van der Waals surface area contributed by atoms with Crippen molar-refractivity contribution >= 4 is 39.3 Å². The summed E-state index contributed by atoms with van der Waals surface area (Å²) in [4.78, 5) is 20.4. The number of aryl methyl sites for hydroxylation is 2. The van der Waals surface area contributed by atoms with E-state index < -0.39 is 0 Å². The fourth-order valence-corrected chi connectivity index (χ4v) is 2.00. The molecule has 0 saturated heterocycles. The van der Waals surface area contributed by atoms with Crippen LogP contribution in [-0.2, 0) is 0 Å². The van der Waals surface area contributed by atoms with Crippen LogP contribution < -0.4 is 5.32 Å². The molecular formula is C13H11BrClN3O. The molecule has 2 rings (SSSR count). The van der Waals surface area contributed by atoms with Crippen molar-refractivity contribution in [2.45, 2.75) is 13.8 Å². The first-order valence-corrected chi connectivity index (χ1v) is 6.71. The van der Waals surface area contributed by atoms with Crippen LogP contribution in [0.15, 0.2) is 28.9 Å². The van der Waals surface area contributed by atoms with Gasteiger partial charge in [-0.1, -0.05) is 11.6 Å². The summed E-state index contributed by atoms with van der Waals surface area (Å²) in [6, 6.07) is 5.19. The first-order chi connectivity index (χ1) is 8.97. The Morgan fingerprint density at radius 1 is 1.37 bits per heavy atom. The van der Waals surface area contributed by atoms with Crippen LogP contribution in [-0.4, -0.2) is 15.9 Å². The lowest BCUT2D eigenvalue weighted by molar-refractivity contribution is 0.102. The molecule has 0 spiro atoms. The van der Waals surface area contributed by atoms with E-state index in [1.54, 1.807) is 12.1 Å². The third kappa shape index (κ3) is 3.30. The largest absolute Gasteiger partial charge is 0.306 e. The third-order valence-electron chi connectivity index (χ3n) is 2.50. The second-order valence-corrected chi connectivity index (χ2v) is 5.28. The molecule has 1 amide bonds. The van der Waals surface area contributed by atoms with Crippen LogP contribution in [0.25, 0.3) is 0 Å². The summed E-state index contributed by atoms with van der Waals surface area (Å²) in [6.07, 6.45) is 1.46. The second-order valence-electron chi connectivity index (χ2n) is 4.02. The lowest BCUT2D eigenvalue weighted by Gasteiger charge is -2.07. The number of halogens is 2. The van der Waals surface area contributed by atoms with Crippen molar-refractivity contribution in [1.82, 2.24) is 9.97 Å². The zero-order valence-electron chi connectivity index (χ0n) is 10.4. The van der Waals surface area contributed by atoms with Crippen molar-refractivity contribution in [3.63, 3.8) is 0 Å². The Hall–Kier alpha value is -1.46. The highest BCUT2D eigenvalue weighted by molar-refractivity contribution is 9.10. The van der Waals surface area contributed by atoms with Gasteiger partial charge >= 0.3 is 0 Å². The van der Waals surface area contributed by atoms with E-state index in [0.29, 0.717) is 16.4 Å². The van der Waals surface area contributed by atoms with Gasteiger partial charge in [-0.3, -0.25) is 9.78 Å². The minimum absolute atomic E-state index is 0.327. The molecule has 0 atom stereocenters. The Bertz CT molecular complexity index is 646. The van der Waals surface area contributed by atoms with Gasteiger partial charge in [-0.15, -0.1) is 0 Å². The van der Waals surface area contributed by atoms with Gasteiger partial charge in [-0.05, 0) is 48.0 Å². The van der Waals surface area contributed by atoms with Crippen LogP contribution in [0.5, 0.6) is 0 Å². The van der Waals surface area contributed by atoms with E-state index in [4.69, 9.17) is 11.6 Å². The number of carbonyl (C=O) groups excluding carboxylic acids is 1. The molecule has 98 valence electrons. The maximum atomic E-state index is 12.1. The van der Waals surface area contributed by atoms with Crippen LogP contribution in [0, 0.1) is 13.8 Å². The predicted molar refractivity (Wildman–Crippen MR) is 78.6 cm³/mol. The molecular weight excluding hydrogens is 330 g/mol. The molecule has 6 heteroatoms. The number of amides is 1. The van der Waals surface area contributed by atoms with Crippen molar-refractivity contribution < 1.29 is 4.79 Å². The minimum Gasteiger partial charge on any atom is -0.306 e. The summed E-state index contributed by atoms with van der Waals surface area (Å²) in [6.45, 7) is 3.66. The monoisotopic (exact) mass is 339 g/mol. The predicted octanol–water partition coefficient (Wildman–Crippen LogP) is 3.76. The van der Waals surface area contributed by atoms with Crippen LogP contribution in [0.3, 0.4) is 0 Å². The number of hydrogen-bond acceptors (Lipinski definition) is 3. The molecule has 2 aromatic heterocycles. The van der Waals surface area contributed by atoms with E-state index in [1.807, 2.05) is 19.9 Å². The highest BCUT2D eigenvalue weighted by Crippen LogP contribution is 2.19. The summed E-state index contributed by atoms with van der Waals surface area (Å²) in [7, 11) is 0. The molecule has 19 heavy (non-hydrogen) atoms. The Kier molecular flexibility index (Phi) is 4.17. The molecule has 0 saturated carbocycles. The first kappa shape index (κ1) is 14.0. The van der Waals surface area contributed by atoms with Gasteiger partial charge < -0.3 is 5.32 Å². The number of nitrogens with one attached hydrogen (secondary N) is 1. The molecule has 2 aromatic rings. The summed E-state index contributed by atoms with van der Waals surface area (Å²) in [5.41, 5.74) is 1.89. The SMILES string of the molecule is Cc1cc(Cl)c(C(=O)Nc2ccc(Br)c(C)n2)cn1. The zero-order chi connectivity index (χ0) is 14.0. The Morgan fingerprint density at radius 2 is 2.11 bits per heavy atom. The summed E-state index contributed by atoms with van der Waals surface area (Å²) >= 11 is 9.37. The number of pyridine rings is 2. The number of anilines is 1. The van der Waals surface area contributed by atoms with Gasteiger partial charge in [-0.25, -0.2) is 4.98 Å². The van der Waals surface area contributed by atoms with E-state index >= 15 is 0 Å². The van der Waals surface area contributed by atoms with Crippen molar-refractivity contribution in [1.29, 1.82) is 0 Å². The standard InChI is InChI=1S/C13H11BrClN3O/c1-7-5-11(15)9(6-16-7)13(19)18-12-4-3-10(14)8(2)17-12/h3-6H,1-2H3,(H,17,18,19). The average Bonchev–Trinajstić information content (AvgIpc) is 2.33. The van der Waals surface area contributed by atoms with Crippen LogP contribution in [0.1, 0.15) is 21.7 Å². The lowest BCUT2D eigenvalue weighted by Crippen LogP contribution is -2.14. The van der Waals surface area contributed by atoms with Crippen molar-refractivity contribution in [2.75, 3.05) is 5.32 Å². The Labute approximate surface area is 124 Å². The van der Waals surface area contributed by atoms with Crippen molar-refractivity contribution in [3.8, 4) is 0 Å². The van der Waals surface area contributed by atoms with Gasteiger partial charge in [0, 0.05) is 16.4 Å². The minimum atomic E-state index is -0.327. The molecule has 0 aromatic carbocycles. The number of aromatic nitrogens is 2. The number of nitrogens with zero attached hydrogens (tertiary/aromatic N) is 2. The third-order valence-corrected chi connectivity index (χ3v) is 3.65. The van der Waals surface area contributed by atoms with Gasteiger partial charge in [0.05, 0.1) is 16.3 Å². The van der Waals surface area contributed by atoms with Crippen LogP contribution in [0.2, 0.25) is 5.02 Å². The van der Waals surface area contributed by atoms with Gasteiger partial charge in [0.15, 0.2) is 0 Å². The smallest absolute Gasteiger partial charge is 0.259 e. The van der Waals surface area contributed by atoms with Gasteiger partial charge in [-0.2, -0.15) is 0 Å². The fourth-order valence-electron chi connectivity index (χ4n) is 1.49. The second kappa shape index (κ2) is 5.67. The normalized spacial score (nSPS) is 10.3. The Morgan fingerprint density at radius 3 is 2.74 bits per heavy atom. The number of hydrogen-bond donors (Lipinski definition) is 1. The van der Waals surface area contributed by atoms with Crippen molar-refractivity contribution in [3.05, 3.63) is 50.8 Å². The summed E-state index contributed by atoms with van der Waals surface area (Å²) < 4.78 is 0.889. The molecule has 0 bridgehead atoms. The zero-order valence-corrected chi connectivity index (χ0v) is 12.7. The van der Waals surface area contributed by atoms with E-state index in [0.717, 1.165) is 15.9 Å². The average molecular weight is 341 g/mol. The van der Waals surface area contributed by atoms with Crippen LogP contribution >= 0.6 is 27.5 Å². The summed E-state index contributed by atoms with van der Waals surface area (Å²) in [5, 5.41) is 3.07. The van der Waals surface area contributed by atoms with Gasteiger partial charge in [0.1, 0.15) is 5.82 Å². The maximum absolute atomic E-state index is 12.1. The van der Waals surface area contributed by atoms with Crippen molar-refractivity contribution in [2.24, 2.45) is 0 Å². The molecule has 0 unspecified atom stereocenters. The van der Waals surface area contributed by atoms with Gasteiger partial charge in [0.25, 0.3) is 5.91 Å². The molecule has 0 radical (unpaired) electrons. The van der Waals surface area contributed by atoms with Gasteiger partial charge in [0.2, 0.25) is 0 Å². The number of carbonyl (C=O) groups is 1. The fraction of sp³-hybridized carbons (Fsp3) is 0.154. The molecule has 4 nitrogen and oxygen atoms in total. The molecule has 1 N–H and O–H groups in total. The van der Waals surface area contributed by atoms with E-state index in [2.05, 4.69) is 31.2 Å². The van der Waals surface area contributed by atoms with Crippen LogP contribution in [0.4, 0.5) is 5.82 Å². The van der Waals surface area contributed by atoms with E-state index in [-0.39, 0.29) is 5.91 Å². The Balaban J connectivity index is 2.23. The highest BCUT2D eigenvalue weighted by atomic mass is 79.9. The molecule has 0 aliphatic carbocycles. The molecule has 0 aliphatic rings. The molecule has 0 fully saturated rings. The molecule has 2 heterocycles. The van der Waals surface area contributed by atoms with E-state index in [1.165, 1.54) is 6.20 Å². The maximum Gasteiger partial charge on any atom is 0.259 e. The number of rotatable bonds is 2. The first-order valence-electron chi connectivity index (χ1n) is 5.54. The highest BCUT2D eigenvalue weighted by Gasteiger charge is 2.12. The molecule has 0 aliphatic heterocycles. The summed E-state index contributed by atoms with van der Waals surface area (Å²) in [5.74, 6) is 0.147.